The van der Waals surface area contributed by atoms with E-state index in [9.17, 15) is 9.50 Å². The molecule has 1 atom stereocenters. The van der Waals surface area contributed by atoms with Gasteiger partial charge in [0.15, 0.2) is 0 Å². The highest BCUT2D eigenvalue weighted by Crippen LogP contribution is 2.25. The molecule has 1 aromatic heterocycles. The fourth-order valence-corrected chi connectivity index (χ4v) is 2.07. The molecule has 1 heterocycles. The minimum Gasteiger partial charge on any atom is -0.389 e. The number of imidazole rings is 1. The molecule has 96 valence electrons. The number of rotatable bonds is 4. The Labute approximate surface area is 106 Å². The molecule has 0 bridgehead atoms. The number of benzene rings is 1. The quantitative estimate of drug-likeness (QED) is 0.903. The summed E-state index contributed by atoms with van der Waals surface area (Å²) < 4.78 is 15.8. The van der Waals surface area contributed by atoms with Gasteiger partial charge in [-0.3, -0.25) is 0 Å². The van der Waals surface area contributed by atoms with Crippen LogP contribution >= 0.6 is 0 Å². The van der Waals surface area contributed by atoms with Crippen LogP contribution in [0.3, 0.4) is 0 Å². The smallest absolute Gasteiger partial charge is 0.147 e. The van der Waals surface area contributed by atoms with Gasteiger partial charge in [-0.25, -0.2) is 9.37 Å². The van der Waals surface area contributed by atoms with E-state index < -0.39 is 6.10 Å². The number of nitrogens with zero attached hydrogens (tertiary/aromatic N) is 2. The Morgan fingerprint density at radius 3 is 2.89 bits per heavy atom. The third-order valence-corrected chi connectivity index (χ3v) is 2.90. The second kappa shape index (κ2) is 5.31. The van der Waals surface area contributed by atoms with Gasteiger partial charge in [-0.1, -0.05) is 19.1 Å². The molecule has 0 aliphatic carbocycles. The van der Waals surface area contributed by atoms with Gasteiger partial charge < -0.3 is 9.67 Å². The Morgan fingerprint density at radius 2 is 2.22 bits per heavy atom. The lowest BCUT2D eigenvalue weighted by Gasteiger charge is -2.15. The van der Waals surface area contributed by atoms with E-state index in [0.717, 1.165) is 18.7 Å². The number of hydrogen-bond acceptors (Lipinski definition) is 2. The molecule has 2 aromatic rings. The van der Waals surface area contributed by atoms with Crippen LogP contribution in [0.1, 0.15) is 37.8 Å². The zero-order valence-corrected chi connectivity index (χ0v) is 10.6. The molecule has 18 heavy (non-hydrogen) atoms. The van der Waals surface area contributed by atoms with Gasteiger partial charge in [0, 0.05) is 24.4 Å². The van der Waals surface area contributed by atoms with Crippen molar-refractivity contribution < 1.29 is 9.50 Å². The molecule has 0 fully saturated rings. The van der Waals surface area contributed by atoms with Crippen molar-refractivity contribution in [2.75, 3.05) is 0 Å². The average Bonchev–Trinajstić information content (AvgIpc) is 2.77. The van der Waals surface area contributed by atoms with Crippen molar-refractivity contribution in [2.45, 2.75) is 32.8 Å². The third-order valence-electron chi connectivity index (χ3n) is 2.90. The standard InChI is InChI=1S/C14H17FN2O/c1-3-5-13-16-8-9-17(13)14-11(10(2)18)6-4-7-12(14)15/h4,6-10,18H,3,5H2,1-2H3. The first kappa shape index (κ1) is 12.8. The molecule has 4 heteroatoms. The number of hydrogen-bond donors (Lipinski definition) is 1. The van der Waals surface area contributed by atoms with Crippen molar-refractivity contribution in [1.29, 1.82) is 0 Å². The lowest BCUT2D eigenvalue weighted by atomic mass is 10.1. The summed E-state index contributed by atoms with van der Waals surface area (Å²) in [6.45, 7) is 3.69. The summed E-state index contributed by atoms with van der Waals surface area (Å²) >= 11 is 0. The lowest BCUT2D eigenvalue weighted by Crippen LogP contribution is -2.08. The number of aliphatic hydroxyl groups is 1. The predicted molar refractivity (Wildman–Crippen MR) is 68.2 cm³/mol. The second-order valence-electron chi connectivity index (χ2n) is 4.32. The fourth-order valence-electron chi connectivity index (χ4n) is 2.07. The van der Waals surface area contributed by atoms with Gasteiger partial charge in [-0.05, 0) is 19.4 Å². The lowest BCUT2D eigenvalue weighted by molar-refractivity contribution is 0.198. The summed E-state index contributed by atoms with van der Waals surface area (Å²) in [5, 5.41) is 9.75. The fraction of sp³-hybridized carbons (Fsp3) is 0.357. The molecule has 1 N–H and O–H groups in total. The molecule has 2 rings (SSSR count). The van der Waals surface area contributed by atoms with Crippen LogP contribution in [0.25, 0.3) is 5.69 Å². The first-order valence-corrected chi connectivity index (χ1v) is 6.14. The molecule has 0 aliphatic heterocycles. The van der Waals surface area contributed by atoms with Crippen molar-refractivity contribution in [3.63, 3.8) is 0 Å². The molecule has 1 unspecified atom stereocenters. The van der Waals surface area contributed by atoms with Crippen LogP contribution in [0, 0.1) is 5.82 Å². The van der Waals surface area contributed by atoms with E-state index in [1.807, 2.05) is 0 Å². The summed E-state index contributed by atoms with van der Waals surface area (Å²) in [5.74, 6) is 0.466. The molecule has 0 spiro atoms. The maximum absolute atomic E-state index is 14.0. The van der Waals surface area contributed by atoms with Crippen LogP contribution < -0.4 is 0 Å². The van der Waals surface area contributed by atoms with Crippen molar-refractivity contribution in [3.8, 4) is 5.69 Å². The zero-order valence-electron chi connectivity index (χ0n) is 10.6. The largest absolute Gasteiger partial charge is 0.389 e. The Morgan fingerprint density at radius 1 is 1.44 bits per heavy atom. The predicted octanol–water partition coefficient (Wildman–Crippen LogP) is 3.02. The van der Waals surface area contributed by atoms with Crippen molar-refractivity contribution >= 4 is 0 Å². The molecule has 0 saturated heterocycles. The van der Waals surface area contributed by atoms with E-state index in [0.29, 0.717) is 11.3 Å². The zero-order chi connectivity index (χ0) is 13.1. The molecule has 3 nitrogen and oxygen atoms in total. The van der Waals surface area contributed by atoms with E-state index in [-0.39, 0.29) is 5.82 Å². The van der Waals surface area contributed by atoms with Gasteiger partial charge in [0.2, 0.25) is 0 Å². The molecule has 0 saturated carbocycles. The molecule has 0 amide bonds. The van der Waals surface area contributed by atoms with Gasteiger partial charge in [0.25, 0.3) is 0 Å². The summed E-state index contributed by atoms with van der Waals surface area (Å²) in [6.07, 6.45) is 4.39. The van der Waals surface area contributed by atoms with Gasteiger partial charge in [0.1, 0.15) is 11.6 Å². The van der Waals surface area contributed by atoms with E-state index in [1.165, 1.54) is 6.07 Å². The number of aryl methyl sites for hydroxylation is 1. The SMILES string of the molecule is CCCc1nccn1-c1c(F)cccc1C(C)O. The van der Waals surface area contributed by atoms with Crippen LogP contribution in [0.4, 0.5) is 4.39 Å². The molecule has 0 aliphatic rings. The van der Waals surface area contributed by atoms with Gasteiger partial charge >= 0.3 is 0 Å². The van der Waals surface area contributed by atoms with Crippen LogP contribution in [-0.2, 0) is 6.42 Å². The van der Waals surface area contributed by atoms with Crippen molar-refractivity contribution in [1.82, 2.24) is 9.55 Å². The van der Waals surface area contributed by atoms with Crippen LogP contribution in [0.5, 0.6) is 0 Å². The molecule has 0 radical (unpaired) electrons. The highest BCUT2D eigenvalue weighted by atomic mass is 19.1. The highest BCUT2D eigenvalue weighted by molar-refractivity contribution is 5.44. The Bertz CT molecular complexity index is 534. The summed E-state index contributed by atoms with van der Waals surface area (Å²) in [6, 6.07) is 4.74. The highest BCUT2D eigenvalue weighted by Gasteiger charge is 2.16. The minimum absolute atomic E-state index is 0.344. The van der Waals surface area contributed by atoms with Crippen LogP contribution in [0.15, 0.2) is 30.6 Å². The van der Waals surface area contributed by atoms with Gasteiger partial charge in [-0.2, -0.15) is 0 Å². The van der Waals surface area contributed by atoms with E-state index in [1.54, 1.807) is 36.0 Å². The van der Waals surface area contributed by atoms with Crippen LogP contribution in [0.2, 0.25) is 0 Å². The third kappa shape index (κ3) is 2.29. The topological polar surface area (TPSA) is 38.0 Å². The van der Waals surface area contributed by atoms with Crippen molar-refractivity contribution in [3.05, 3.63) is 47.8 Å². The molecule has 1 aromatic carbocycles. The maximum Gasteiger partial charge on any atom is 0.147 e. The molecular weight excluding hydrogens is 231 g/mol. The van der Waals surface area contributed by atoms with E-state index in [4.69, 9.17) is 0 Å². The second-order valence-corrected chi connectivity index (χ2v) is 4.32. The summed E-state index contributed by atoms with van der Waals surface area (Å²) in [7, 11) is 0. The average molecular weight is 248 g/mol. The summed E-state index contributed by atoms with van der Waals surface area (Å²) in [5.41, 5.74) is 0.971. The Balaban J connectivity index is 2.59. The Kier molecular flexibility index (Phi) is 3.77. The number of aromatic nitrogens is 2. The first-order valence-electron chi connectivity index (χ1n) is 6.14. The molecular formula is C14H17FN2O. The van der Waals surface area contributed by atoms with Gasteiger partial charge in [-0.15, -0.1) is 0 Å². The Hall–Kier alpha value is -1.68. The normalized spacial score (nSPS) is 12.7. The number of para-hydroxylation sites is 1. The summed E-state index contributed by atoms with van der Waals surface area (Å²) in [4.78, 5) is 4.24. The number of aliphatic hydroxyl groups excluding tert-OH is 1. The number of halogens is 1. The van der Waals surface area contributed by atoms with E-state index in [2.05, 4.69) is 11.9 Å². The van der Waals surface area contributed by atoms with Crippen molar-refractivity contribution in [2.24, 2.45) is 0 Å². The maximum atomic E-state index is 14.0. The van der Waals surface area contributed by atoms with E-state index >= 15 is 0 Å². The van der Waals surface area contributed by atoms with Gasteiger partial charge in [0.05, 0.1) is 11.8 Å². The van der Waals surface area contributed by atoms with Crippen LogP contribution in [-0.4, -0.2) is 14.7 Å². The monoisotopic (exact) mass is 248 g/mol. The minimum atomic E-state index is -0.715. The first-order chi connectivity index (χ1) is 8.65.